The Morgan fingerprint density at radius 3 is 1.55 bits per heavy atom. The second-order valence-electron chi connectivity index (χ2n) is 2.92. The van der Waals surface area contributed by atoms with Gasteiger partial charge in [0.1, 0.15) is 0 Å². The van der Waals surface area contributed by atoms with Gasteiger partial charge in [-0.3, -0.25) is 4.79 Å². The monoisotopic (exact) mass is 1840 g/mol. The van der Waals surface area contributed by atoms with Gasteiger partial charge in [-0.1, -0.05) is 24.6 Å². The van der Waals surface area contributed by atoms with Crippen LogP contribution in [0, 0.1) is 231 Å². The minimum atomic E-state index is -1.03. The molecule has 0 heterocycles. The maximum atomic E-state index is 10.3. The van der Waals surface area contributed by atoms with Crippen molar-refractivity contribution in [3.8, 4) is 0 Å². The van der Waals surface area contributed by atoms with E-state index in [0.717, 1.165) is 11.1 Å². The molecule has 0 bridgehead atoms. The number of aryl methyl sites for hydroxylation is 1. The molecule has 1 N–H and O–H groups in total. The number of hydrogen-bond donors (Lipinski definition) is 1. The smallest absolute Gasteiger partial charge is 0.235 e. The summed E-state index contributed by atoms with van der Waals surface area (Å²) in [5.41, 5.74) is 2.70. The zero-order valence-electron chi connectivity index (χ0n) is 11.2. The largest absolute Gasteiger partial charge is 0.492 e. The fourth-order valence-corrected chi connectivity index (χ4v) is 1.04. The van der Waals surface area contributed by atoms with Crippen molar-refractivity contribution in [2.75, 3.05) is 0 Å². The molecule has 0 saturated carbocycles. The van der Waals surface area contributed by atoms with Gasteiger partial charge in [0, 0.05) is 218 Å². The third kappa shape index (κ3) is 21.8. The minimum absolute atomic E-state index is 0. The summed E-state index contributed by atoms with van der Waals surface area (Å²) in [5, 5.41) is 8.47. The molecule has 1 aromatic carbocycles. The molecule has 0 aliphatic heterocycles. The van der Waals surface area contributed by atoms with Gasteiger partial charge < -0.3 is 5.11 Å². The molecule has 0 aromatic heterocycles. The molecule has 0 unspecified atom stereocenters. The van der Waals surface area contributed by atoms with Gasteiger partial charge in [0.15, 0.2) is 0 Å². The molecule has 1 rings (SSSR count). The normalized spacial score (nSPS) is 7.40. The number of rotatable bonds is 2. The first-order valence-electron chi connectivity index (χ1n) is 4.00. The van der Waals surface area contributed by atoms with Crippen molar-refractivity contribution >= 4 is 11.5 Å². The molecule has 0 spiro atoms. The first-order valence-corrected chi connectivity index (χ1v) is 4.00. The molecule has 0 radical (unpaired) electrons. The summed E-state index contributed by atoms with van der Waals surface area (Å²) in [6, 6.07) is 7.67. The van der Waals surface area contributed by atoms with Crippen molar-refractivity contribution in [1.29, 1.82) is 0 Å². The maximum Gasteiger partial charge on any atom is 0.235 e. The third-order valence-electron chi connectivity index (χ3n) is 1.78. The summed E-state index contributed by atoms with van der Waals surface area (Å²) >= 11 is 0. The van der Waals surface area contributed by atoms with Crippen molar-refractivity contribution in [2.45, 2.75) is 13.8 Å². The van der Waals surface area contributed by atoms with Crippen LogP contribution in [0.5, 0.6) is 0 Å². The van der Waals surface area contributed by atoms with E-state index in [-0.39, 0.29) is 218 Å². The van der Waals surface area contributed by atoms with E-state index < -0.39 is 5.97 Å². The van der Waals surface area contributed by atoms with Crippen LogP contribution in [0.25, 0.3) is 5.57 Å². The number of carboxylic acids is 1. The molecule has 20 heavy (non-hydrogen) atoms. The van der Waals surface area contributed by atoms with E-state index in [4.69, 9.17) is 5.11 Å². The van der Waals surface area contributed by atoms with Crippen LogP contribution in [0.1, 0.15) is 18.1 Å². The molecule has 0 aliphatic carbocycles. The van der Waals surface area contributed by atoms with Crippen molar-refractivity contribution in [2.24, 2.45) is 0 Å². The van der Waals surface area contributed by atoms with Crippen molar-refractivity contribution in [1.82, 2.24) is 0 Å². The number of aliphatic carboxylic acids is 1. The Morgan fingerprint density at radius 1 is 0.900 bits per heavy atom. The van der Waals surface area contributed by atoms with E-state index in [2.05, 4.69) is 6.08 Å². The van der Waals surface area contributed by atoms with E-state index in [1.54, 1.807) is 6.92 Å². The number of allylic oxidation sites excluding steroid dienone is 1. The fraction of sp³-hybridized carbons (Fsp3) is 0.182. The predicted molar refractivity (Wildman–Crippen MR) is 51.1 cm³/mol. The van der Waals surface area contributed by atoms with Crippen LogP contribution in [0.15, 0.2) is 24.3 Å². The fourth-order valence-electron chi connectivity index (χ4n) is 1.04. The summed E-state index contributed by atoms with van der Waals surface area (Å²) < 4.78 is 0. The second kappa shape index (κ2) is 27.0. The predicted octanol–water partition coefficient (Wildman–Crippen LogP) is 2.29. The topological polar surface area (TPSA) is 37.3 Å². The van der Waals surface area contributed by atoms with Crippen LogP contribution in [-0.2, 0) is 4.79 Å². The van der Waals surface area contributed by atoms with Crippen LogP contribution < -0.4 is 0 Å². The summed E-state index contributed by atoms with van der Waals surface area (Å²) in [4.78, 5) is 10.3. The molecule has 1 aromatic rings. The molecule has 2 nitrogen and oxygen atoms in total. The van der Waals surface area contributed by atoms with Crippen molar-refractivity contribution in [3.05, 3.63) is 41.5 Å². The van der Waals surface area contributed by atoms with Gasteiger partial charge >= 0.3 is 0 Å². The van der Waals surface area contributed by atoms with Gasteiger partial charge in [0.05, 0.1) is 0 Å². The van der Waals surface area contributed by atoms with Gasteiger partial charge in [-0.25, -0.2) is 5.57 Å². The summed E-state index contributed by atoms with van der Waals surface area (Å²) in [6.45, 7) is 3.72. The molecular formula is C11H11O2U7-. The Kier molecular flexibility index (Phi) is 60.6. The van der Waals surface area contributed by atoms with E-state index in [1.807, 2.05) is 31.2 Å². The zero-order valence-corrected chi connectivity index (χ0v) is 40.3. The minimum Gasteiger partial charge on any atom is -0.492 e. The standard InChI is InChI=1S/C11H11O2.7U/c1-8-3-5-10(6-4-8)9(2)7-11(12)13;;;;;;;/h3-6H,1-2H3,(H,12,13);;;;;;;/q-1;;;;;;;. The summed E-state index contributed by atoms with van der Waals surface area (Å²) in [7, 11) is 0. The van der Waals surface area contributed by atoms with Crippen molar-refractivity contribution in [3.63, 3.8) is 0 Å². The SMILES string of the molecule is CC(=[C-]C(=O)O)c1ccc(C)cc1.[U].[U].[U].[U].[U].[U].[U]. The van der Waals surface area contributed by atoms with Crippen molar-refractivity contribution < 1.29 is 228 Å². The molecule has 96 valence electrons. The average Bonchev–Trinajstić information content (AvgIpc) is 2.04. The van der Waals surface area contributed by atoms with Crippen LogP contribution in [-0.4, -0.2) is 11.1 Å². The summed E-state index contributed by atoms with van der Waals surface area (Å²) in [5.74, 6) is -1.03. The third-order valence-corrected chi connectivity index (χ3v) is 1.78. The van der Waals surface area contributed by atoms with Gasteiger partial charge in [-0.05, 0) is 6.92 Å². The molecule has 0 saturated heterocycles. The number of hydrogen-bond acceptors (Lipinski definition) is 1. The van der Waals surface area contributed by atoms with E-state index in [0.29, 0.717) is 5.57 Å². The number of benzene rings is 1. The van der Waals surface area contributed by atoms with E-state index >= 15 is 0 Å². The van der Waals surface area contributed by atoms with Gasteiger partial charge in [0.25, 0.3) is 0 Å². The van der Waals surface area contributed by atoms with Crippen LogP contribution in [0.2, 0.25) is 0 Å². The Hall–Kier alpha value is 5.79. The van der Waals surface area contributed by atoms with Crippen LogP contribution in [0.3, 0.4) is 0 Å². The Labute approximate surface area is 287 Å². The average molecular weight is 1840 g/mol. The molecule has 0 aliphatic rings. The zero-order chi connectivity index (χ0) is 9.84. The van der Waals surface area contributed by atoms with Gasteiger partial charge in [0.2, 0.25) is 5.97 Å². The first-order chi connectivity index (χ1) is 6.09. The summed E-state index contributed by atoms with van der Waals surface area (Å²) in [6.07, 6.45) is 2.31. The molecule has 0 fully saturated rings. The quantitative estimate of drug-likeness (QED) is 0.366. The van der Waals surface area contributed by atoms with Crippen LogP contribution in [0.4, 0.5) is 0 Å². The molecule has 0 amide bonds. The van der Waals surface area contributed by atoms with E-state index in [1.165, 1.54) is 0 Å². The number of carbonyl (C=O) groups is 1. The second-order valence-corrected chi connectivity index (χ2v) is 2.92. The molecule has 0 atom stereocenters. The number of carboxylic acid groups (broad SMARTS) is 1. The molecular weight excluding hydrogens is 1830 g/mol. The Bertz CT molecular complexity index is 352. The van der Waals surface area contributed by atoms with Gasteiger partial charge in [-0.2, -0.15) is 11.6 Å². The Morgan fingerprint density at radius 2 is 1.25 bits per heavy atom. The van der Waals surface area contributed by atoms with Gasteiger partial charge in [-0.15, -0.1) is 12.1 Å². The Balaban J connectivity index is -0.0000000483. The van der Waals surface area contributed by atoms with E-state index in [9.17, 15) is 4.79 Å². The first kappa shape index (κ1) is 44.9. The molecule has 9 heteroatoms. The van der Waals surface area contributed by atoms with Crippen LogP contribution >= 0.6 is 0 Å². The maximum absolute atomic E-state index is 10.3.